The number of aliphatic carboxylic acids is 1. The van der Waals surface area contributed by atoms with Gasteiger partial charge in [0.25, 0.3) is 0 Å². The minimum absolute atomic E-state index is 0.0369. The van der Waals surface area contributed by atoms with Crippen LogP contribution in [-0.4, -0.2) is 24.1 Å². The van der Waals surface area contributed by atoms with Crippen LogP contribution >= 0.6 is 0 Å². The van der Waals surface area contributed by atoms with Gasteiger partial charge in [-0.25, -0.2) is 4.79 Å². The van der Waals surface area contributed by atoms with Gasteiger partial charge in [0, 0.05) is 12.5 Å². The summed E-state index contributed by atoms with van der Waals surface area (Å²) in [5.41, 5.74) is 1.25. The lowest BCUT2D eigenvalue weighted by Gasteiger charge is -2.11. The molecule has 0 unspecified atom stereocenters. The minimum Gasteiger partial charge on any atom is -0.495 e. The average Bonchev–Trinajstić information content (AvgIpc) is 3.20. The van der Waals surface area contributed by atoms with Gasteiger partial charge in [0.2, 0.25) is 5.91 Å². The van der Waals surface area contributed by atoms with Crippen molar-refractivity contribution in [2.24, 2.45) is 5.92 Å². The number of carboxylic acid groups (broad SMARTS) is 1. The van der Waals surface area contributed by atoms with E-state index in [0.717, 1.165) is 18.9 Å². The van der Waals surface area contributed by atoms with Crippen LogP contribution in [0.4, 0.5) is 5.69 Å². The normalized spacial score (nSPS) is 14.2. The highest BCUT2D eigenvalue weighted by molar-refractivity contribution is 5.93. The average molecular weight is 275 g/mol. The highest BCUT2D eigenvalue weighted by atomic mass is 16.5. The molecule has 0 aromatic heterocycles. The molecule has 20 heavy (non-hydrogen) atoms. The summed E-state index contributed by atoms with van der Waals surface area (Å²) in [5.74, 6) is 0.0167. The summed E-state index contributed by atoms with van der Waals surface area (Å²) in [5, 5.41) is 11.4. The van der Waals surface area contributed by atoms with Crippen molar-refractivity contribution in [3.8, 4) is 5.75 Å². The largest absolute Gasteiger partial charge is 0.495 e. The molecule has 0 saturated heterocycles. The van der Waals surface area contributed by atoms with Gasteiger partial charge in [0.15, 0.2) is 0 Å². The van der Waals surface area contributed by atoms with Gasteiger partial charge in [-0.15, -0.1) is 0 Å². The number of nitrogens with one attached hydrogen (secondary N) is 1. The standard InChI is InChI=1S/C15H17NO4/c1-20-13-6-4-10(5-7-15(18)19)8-12(13)16-14(17)9-11-2-3-11/h4-8,11H,2-3,9H2,1H3,(H,16,17)(H,18,19). The van der Waals surface area contributed by atoms with E-state index in [2.05, 4.69) is 5.32 Å². The highest BCUT2D eigenvalue weighted by Gasteiger charge is 2.24. The second-order valence-corrected chi connectivity index (χ2v) is 4.83. The molecule has 0 spiro atoms. The first kappa shape index (κ1) is 14.1. The summed E-state index contributed by atoms with van der Waals surface area (Å²) in [6.45, 7) is 0. The van der Waals surface area contributed by atoms with Gasteiger partial charge >= 0.3 is 5.97 Å². The molecule has 1 aliphatic carbocycles. The lowest BCUT2D eigenvalue weighted by Crippen LogP contribution is -2.12. The van der Waals surface area contributed by atoms with E-state index in [1.807, 2.05) is 0 Å². The molecule has 1 aromatic rings. The van der Waals surface area contributed by atoms with E-state index in [0.29, 0.717) is 29.3 Å². The van der Waals surface area contributed by atoms with E-state index in [1.165, 1.54) is 13.2 Å². The number of hydrogen-bond acceptors (Lipinski definition) is 3. The van der Waals surface area contributed by atoms with Crippen molar-refractivity contribution in [3.05, 3.63) is 29.8 Å². The maximum Gasteiger partial charge on any atom is 0.328 e. The SMILES string of the molecule is COc1ccc(C=CC(=O)O)cc1NC(=O)CC1CC1. The van der Waals surface area contributed by atoms with Gasteiger partial charge < -0.3 is 15.2 Å². The molecular formula is C15H17NO4. The van der Waals surface area contributed by atoms with Crippen molar-refractivity contribution in [2.45, 2.75) is 19.3 Å². The molecule has 2 rings (SSSR count). The van der Waals surface area contributed by atoms with Gasteiger partial charge in [0.1, 0.15) is 5.75 Å². The van der Waals surface area contributed by atoms with Gasteiger partial charge in [-0.3, -0.25) is 4.79 Å². The van der Waals surface area contributed by atoms with Gasteiger partial charge in [-0.05, 0) is 42.5 Å². The molecule has 0 atom stereocenters. The monoisotopic (exact) mass is 275 g/mol. The zero-order valence-electron chi connectivity index (χ0n) is 11.3. The molecule has 5 heteroatoms. The van der Waals surface area contributed by atoms with E-state index in [-0.39, 0.29) is 5.91 Å². The number of carboxylic acids is 1. The second-order valence-electron chi connectivity index (χ2n) is 4.83. The molecule has 0 radical (unpaired) electrons. The molecule has 1 aromatic carbocycles. The predicted octanol–water partition coefficient (Wildman–Crippen LogP) is 2.53. The fourth-order valence-corrected chi connectivity index (χ4v) is 1.88. The van der Waals surface area contributed by atoms with E-state index in [4.69, 9.17) is 9.84 Å². The first-order valence-corrected chi connectivity index (χ1v) is 6.47. The molecule has 1 fully saturated rings. The fourth-order valence-electron chi connectivity index (χ4n) is 1.88. The zero-order valence-corrected chi connectivity index (χ0v) is 11.3. The van der Waals surface area contributed by atoms with E-state index in [1.54, 1.807) is 18.2 Å². The van der Waals surface area contributed by atoms with E-state index in [9.17, 15) is 9.59 Å². The zero-order chi connectivity index (χ0) is 14.5. The Kier molecular flexibility index (Phi) is 4.40. The van der Waals surface area contributed by atoms with Crippen LogP contribution in [0, 0.1) is 5.92 Å². The fraction of sp³-hybridized carbons (Fsp3) is 0.333. The lowest BCUT2D eigenvalue weighted by atomic mass is 10.1. The second kappa shape index (κ2) is 6.23. The molecule has 1 saturated carbocycles. The van der Waals surface area contributed by atoms with Crippen LogP contribution in [0.1, 0.15) is 24.8 Å². The smallest absolute Gasteiger partial charge is 0.328 e. The van der Waals surface area contributed by atoms with Crippen LogP contribution < -0.4 is 10.1 Å². The summed E-state index contributed by atoms with van der Waals surface area (Å²) in [6.07, 6.45) is 5.28. The van der Waals surface area contributed by atoms with E-state index >= 15 is 0 Å². The summed E-state index contributed by atoms with van der Waals surface area (Å²) >= 11 is 0. The number of rotatable bonds is 6. The molecular weight excluding hydrogens is 258 g/mol. The highest BCUT2D eigenvalue weighted by Crippen LogP contribution is 2.33. The van der Waals surface area contributed by atoms with Crippen LogP contribution in [0.25, 0.3) is 6.08 Å². The number of carbonyl (C=O) groups excluding carboxylic acids is 1. The maximum atomic E-state index is 11.8. The van der Waals surface area contributed by atoms with Crippen LogP contribution in [0.3, 0.4) is 0 Å². The molecule has 0 aliphatic heterocycles. The number of amides is 1. The minimum atomic E-state index is -1.01. The number of hydrogen-bond donors (Lipinski definition) is 2. The van der Waals surface area contributed by atoms with Crippen molar-refractivity contribution < 1.29 is 19.4 Å². The summed E-state index contributed by atoms with van der Waals surface area (Å²) in [7, 11) is 1.53. The van der Waals surface area contributed by atoms with Crippen molar-refractivity contribution >= 4 is 23.6 Å². The number of ether oxygens (including phenoxy) is 1. The molecule has 2 N–H and O–H groups in total. The van der Waals surface area contributed by atoms with E-state index < -0.39 is 5.97 Å². The molecule has 1 amide bonds. The third-order valence-electron chi connectivity index (χ3n) is 3.09. The van der Waals surface area contributed by atoms with Crippen LogP contribution in [0.15, 0.2) is 24.3 Å². The summed E-state index contributed by atoms with van der Waals surface area (Å²) in [6, 6.07) is 5.13. The van der Waals surface area contributed by atoms with Gasteiger partial charge in [0.05, 0.1) is 12.8 Å². The van der Waals surface area contributed by atoms with Crippen molar-refractivity contribution in [3.63, 3.8) is 0 Å². The van der Waals surface area contributed by atoms with Crippen LogP contribution in [0.5, 0.6) is 5.75 Å². The van der Waals surface area contributed by atoms with Crippen molar-refractivity contribution in [1.29, 1.82) is 0 Å². The van der Waals surface area contributed by atoms with Gasteiger partial charge in [-0.1, -0.05) is 6.07 Å². The Balaban J connectivity index is 2.12. The van der Waals surface area contributed by atoms with Crippen molar-refractivity contribution in [1.82, 2.24) is 0 Å². The Morgan fingerprint density at radius 2 is 2.20 bits per heavy atom. The molecule has 1 aliphatic rings. The Labute approximate surface area is 117 Å². The summed E-state index contributed by atoms with van der Waals surface area (Å²) < 4.78 is 5.19. The summed E-state index contributed by atoms with van der Waals surface area (Å²) in [4.78, 5) is 22.3. The molecule has 5 nitrogen and oxygen atoms in total. The lowest BCUT2D eigenvalue weighted by molar-refractivity contribution is -0.131. The number of benzene rings is 1. The number of carbonyl (C=O) groups is 2. The molecule has 0 heterocycles. The molecule has 106 valence electrons. The predicted molar refractivity (Wildman–Crippen MR) is 75.6 cm³/mol. The van der Waals surface area contributed by atoms with Crippen LogP contribution in [-0.2, 0) is 9.59 Å². The Hall–Kier alpha value is -2.30. The Bertz CT molecular complexity index is 547. The number of anilines is 1. The third-order valence-corrected chi connectivity index (χ3v) is 3.09. The topological polar surface area (TPSA) is 75.6 Å². The quantitative estimate of drug-likeness (QED) is 0.782. The van der Waals surface area contributed by atoms with Crippen LogP contribution in [0.2, 0.25) is 0 Å². The maximum absolute atomic E-state index is 11.8. The Morgan fingerprint density at radius 1 is 1.45 bits per heavy atom. The molecule has 0 bridgehead atoms. The first-order chi connectivity index (χ1) is 9.58. The third kappa shape index (κ3) is 4.12. The van der Waals surface area contributed by atoms with Crippen molar-refractivity contribution in [2.75, 3.05) is 12.4 Å². The first-order valence-electron chi connectivity index (χ1n) is 6.47. The van der Waals surface area contributed by atoms with Gasteiger partial charge in [-0.2, -0.15) is 0 Å². The Morgan fingerprint density at radius 3 is 2.80 bits per heavy atom. The number of methoxy groups -OCH3 is 1.